The first kappa shape index (κ1) is 19.5. The summed E-state index contributed by atoms with van der Waals surface area (Å²) in [6.07, 6.45) is 0. The van der Waals surface area contributed by atoms with Crippen molar-refractivity contribution >= 4 is 17.5 Å². The van der Waals surface area contributed by atoms with Gasteiger partial charge in [0.25, 0.3) is 0 Å². The summed E-state index contributed by atoms with van der Waals surface area (Å²) in [6, 6.07) is 10.9. The molecule has 2 N–H and O–H groups in total. The highest BCUT2D eigenvalue weighted by Gasteiger charge is 2.36. The third-order valence-electron chi connectivity index (χ3n) is 4.63. The Morgan fingerprint density at radius 1 is 1.07 bits per heavy atom. The van der Waals surface area contributed by atoms with Crippen LogP contribution in [0, 0.1) is 12.3 Å². The van der Waals surface area contributed by atoms with E-state index in [-0.39, 0.29) is 19.2 Å². The first-order valence-electron chi connectivity index (χ1n) is 8.94. The van der Waals surface area contributed by atoms with Crippen molar-refractivity contribution in [3.63, 3.8) is 0 Å². The Labute approximate surface area is 164 Å². The molecule has 148 valence electrons. The topological polar surface area (TPSA) is 85.9 Å². The molecule has 2 amide bonds. The molecule has 0 aliphatic carbocycles. The Kier molecular flexibility index (Phi) is 5.44. The molecule has 3 rings (SSSR count). The minimum Gasteiger partial charge on any atom is -0.495 e. The van der Waals surface area contributed by atoms with Gasteiger partial charge in [-0.15, -0.1) is 0 Å². The third kappa shape index (κ3) is 4.03. The number of anilines is 1. The predicted octanol–water partition coefficient (Wildman–Crippen LogP) is 3.01. The van der Waals surface area contributed by atoms with Crippen LogP contribution in [0.1, 0.15) is 25.0 Å². The first-order chi connectivity index (χ1) is 13.3. The Hall–Kier alpha value is -3.22. The van der Waals surface area contributed by atoms with E-state index >= 15 is 0 Å². The lowest BCUT2D eigenvalue weighted by molar-refractivity contribution is -0.138. The number of ether oxygens (including phenoxy) is 3. The standard InChI is InChI=1S/C21H24N2O5/c1-13-5-7-16(26-4)15(9-13)23-20(25)21(2,3)19(24)22-11-14-6-8-17-18(10-14)28-12-27-17/h5-10H,11-12H2,1-4H3,(H,22,24)(H,23,25). The number of benzene rings is 2. The summed E-state index contributed by atoms with van der Waals surface area (Å²) in [5, 5.41) is 5.60. The van der Waals surface area contributed by atoms with Gasteiger partial charge >= 0.3 is 0 Å². The summed E-state index contributed by atoms with van der Waals surface area (Å²) >= 11 is 0. The van der Waals surface area contributed by atoms with Crippen LogP contribution in [-0.2, 0) is 16.1 Å². The monoisotopic (exact) mass is 384 g/mol. The van der Waals surface area contributed by atoms with Crippen molar-refractivity contribution < 1.29 is 23.8 Å². The fourth-order valence-electron chi connectivity index (χ4n) is 2.76. The lowest BCUT2D eigenvalue weighted by Gasteiger charge is -2.23. The number of rotatable bonds is 6. The summed E-state index contributed by atoms with van der Waals surface area (Å²) < 4.78 is 15.9. The highest BCUT2D eigenvalue weighted by atomic mass is 16.7. The van der Waals surface area contributed by atoms with Gasteiger partial charge in [0.05, 0.1) is 12.8 Å². The van der Waals surface area contributed by atoms with Gasteiger partial charge in [0.1, 0.15) is 11.2 Å². The van der Waals surface area contributed by atoms with Crippen molar-refractivity contribution in [2.75, 3.05) is 19.2 Å². The molecule has 0 saturated carbocycles. The number of carbonyl (C=O) groups is 2. The Bertz CT molecular complexity index is 908. The largest absolute Gasteiger partial charge is 0.495 e. The molecule has 0 atom stereocenters. The predicted molar refractivity (Wildman–Crippen MR) is 105 cm³/mol. The second kappa shape index (κ2) is 7.80. The number of methoxy groups -OCH3 is 1. The molecule has 7 heteroatoms. The smallest absolute Gasteiger partial charge is 0.239 e. The summed E-state index contributed by atoms with van der Waals surface area (Å²) in [6.45, 7) is 5.55. The van der Waals surface area contributed by atoms with E-state index in [1.807, 2.05) is 25.1 Å². The van der Waals surface area contributed by atoms with Gasteiger partial charge in [-0.2, -0.15) is 0 Å². The molecule has 1 aliphatic heterocycles. The molecule has 0 fully saturated rings. The van der Waals surface area contributed by atoms with E-state index in [0.29, 0.717) is 22.9 Å². The number of hydrogen-bond acceptors (Lipinski definition) is 5. The quantitative estimate of drug-likeness (QED) is 0.748. The number of aryl methyl sites for hydroxylation is 1. The number of nitrogens with one attached hydrogen (secondary N) is 2. The van der Waals surface area contributed by atoms with Gasteiger partial charge in [-0.25, -0.2) is 0 Å². The maximum absolute atomic E-state index is 12.8. The van der Waals surface area contributed by atoms with E-state index in [4.69, 9.17) is 14.2 Å². The van der Waals surface area contributed by atoms with Crippen molar-refractivity contribution in [3.8, 4) is 17.2 Å². The zero-order chi connectivity index (χ0) is 20.3. The highest BCUT2D eigenvalue weighted by Crippen LogP contribution is 2.32. The van der Waals surface area contributed by atoms with Crippen LogP contribution in [0.25, 0.3) is 0 Å². The second-order valence-corrected chi connectivity index (χ2v) is 7.15. The van der Waals surface area contributed by atoms with E-state index in [1.54, 1.807) is 32.0 Å². The van der Waals surface area contributed by atoms with E-state index < -0.39 is 11.3 Å². The average molecular weight is 384 g/mol. The molecule has 0 saturated heterocycles. The lowest BCUT2D eigenvalue weighted by Crippen LogP contribution is -2.44. The number of fused-ring (bicyclic) bond motifs is 1. The highest BCUT2D eigenvalue weighted by molar-refractivity contribution is 6.10. The molecule has 28 heavy (non-hydrogen) atoms. The molecule has 1 heterocycles. The molecule has 0 spiro atoms. The van der Waals surface area contributed by atoms with Crippen LogP contribution in [0.5, 0.6) is 17.2 Å². The molecular formula is C21H24N2O5. The van der Waals surface area contributed by atoms with Gasteiger partial charge in [-0.1, -0.05) is 12.1 Å². The van der Waals surface area contributed by atoms with Crippen LogP contribution < -0.4 is 24.8 Å². The van der Waals surface area contributed by atoms with Crippen LogP contribution in [0.2, 0.25) is 0 Å². The van der Waals surface area contributed by atoms with Crippen molar-refractivity contribution in [2.24, 2.45) is 5.41 Å². The summed E-state index contributed by atoms with van der Waals surface area (Å²) in [5.41, 5.74) is 1.09. The minimum atomic E-state index is -1.27. The van der Waals surface area contributed by atoms with Crippen molar-refractivity contribution in [2.45, 2.75) is 27.3 Å². The molecule has 0 bridgehead atoms. The molecule has 2 aromatic carbocycles. The SMILES string of the molecule is COc1ccc(C)cc1NC(=O)C(C)(C)C(=O)NCc1ccc2c(c1)OCO2. The Morgan fingerprint density at radius 2 is 1.82 bits per heavy atom. The lowest BCUT2D eigenvalue weighted by atomic mass is 9.90. The fraction of sp³-hybridized carbons (Fsp3) is 0.333. The number of hydrogen-bond donors (Lipinski definition) is 2. The molecule has 0 aromatic heterocycles. The molecule has 0 unspecified atom stereocenters. The van der Waals surface area contributed by atoms with Gasteiger partial charge < -0.3 is 24.8 Å². The zero-order valence-electron chi connectivity index (χ0n) is 16.4. The van der Waals surface area contributed by atoms with Crippen LogP contribution in [-0.4, -0.2) is 25.7 Å². The molecule has 0 radical (unpaired) electrons. The van der Waals surface area contributed by atoms with Crippen LogP contribution in [0.15, 0.2) is 36.4 Å². The van der Waals surface area contributed by atoms with Gasteiger partial charge in [-0.3, -0.25) is 9.59 Å². The van der Waals surface area contributed by atoms with Gasteiger partial charge in [-0.05, 0) is 56.2 Å². The first-order valence-corrected chi connectivity index (χ1v) is 8.94. The van der Waals surface area contributed by atoms with Gasteiger partial charge in [0, 0.05) is 6.54 Å². The maximum Gasteiger partial charge on any atom is 0.239 e. The molecule has 1 aliphatic rings. The van der Waals surface area contributed by atoms with E-state index in [1.165, 1.54) is 7.11 Å². The van der Waals surface area contributed by atoms with Gasteiger partial charge in [0.15, 0.2) is 11.5 Å². The fourth-order valence-corrected chi connectivity index (χ4v) is 2.76. The normalized spacial score (nSPS) is 12.4. The number of amides is 2. The van der Waals surface area contributed by atoms with Crippen LogP contribution >= 0.6 is 0 Å². The Balaban J connectivity index is 1.65. The van der Waals surface area contributed by atoms with Crippen molar-refractivity contribution in [3.05, 3.63) is 47.5 Å². The van der Waals surface area contributed by atoms with Crippen LogP contribution in [0.3, 0.4) is 0 Å². The maximum atomic E-state index is 12.8. The average Bonchev–Trinajstić information content (AvgIpc) is 3.14. The third-order valence-corrected chi connectivity index (χ3v) is 4.63. The summed E-state index contributed by atoms with van der Waals surface area (Å²) in [7, 11) is 1.53. The summed E-state index contributed by atoms with van der Waals surface area (Å²) in [4.78, 5) is 25.4. The molecule has 7 nitrogen and oxygen atoms in total. The molecular weight excluding hydrogens is 360 g/mol. The number of carbonyl (C=O) groups excluding carboxylic acids is 2. The van der Waals surface area contributed by atoms with Gasteiger partial charge in [0.2, 0.25) is 18.6 Å². The second-order valence-electron chi connectivity index (χ2n) is 7.15. The van der Waals surface area contributed by atoms with Crippen LogP contribution in [0.4, 0.5) is 5.69 Å². The van der Waals surface area contributed by atoms with E-state index in [9.17, 15) is 9.59 Å². The van der Waals surface area contributed by atoms with E-state index in [0.717, 1.165) is 11.1 Å². The summed E-state index contributed by atoms with van der Waals surface area (Å²) in [5.74, 6) is 1.07. The van der Waals surface area contributed by atoms with E-state index in [2.05, 4.69) is 10.6 Å². The zero-order valence-corrected chi connectivity index (χ0v) is 16.4. The van der Waals surface area contributed by atoms with Crippen molar-refractivity contribution in [1.29, 1.82) is 0 Å². The molecule has 2 aromatic rings. The minimum absolute atomic E-state index is 0.195. The Morgan fingerprint density at radius 3 is 2.57 bits per heavy atom. The van der Waals surface area contributed by atoms with Crippen molar-refractivity contribution in [1.82, 2.24) is 5.32 Å².